The van der Waals surface area contributed by atoms with Crippen molar-refractivity contribution >= 4 is 17.5 Å². The molecule has 1 amide bonds. The smallest absolute Gasteiger partial charge is 0.244 e. The average molecular weight is 347 g/mol. The van der Waals surface area contributed by atoms with Crippen LogP contribution in [0.2, 0.25) is 5.02 Å². The molecule has 24 heavy (non-hydrogen) atoms. The van der Waals surface area contributed by atoms with Crippen LogP contribution in [0.4, 0.5) is 0 Å². The van der Waals surface area contributed by atoms with Gasteiger partial charge in [0.15, 0.2) is 0 Å². The molecule has 0 aliphatic rings. The largest absolute Gasteiger partial charge is 0.375 e. The summed E-state index contributed by atoms with van der Waals surface area (Å²) in [5.41, 5.74) is 6.84. The zero-order valence-electron chi connectivity index (χ0n) is 14.1. The van der Waals surface area contributed by atoms with Crippen molar-refractivity contribution < 1.29 is 9.53 Å². The number of rotatable bonds is 6. The molecule has 2 aromatic carbocycles. The van der Waals surface area contributed by atoms with Crippen LogP contribution in [0.25, 0.3) is 0 Å². The van der Waals surface area contributed by atoms with Crippen LogP contribution in [0.3, 0.4) is 0 Å². The van der Waals surface area contributed by atoms with E-state index in [1.807, 2.05) is 49.4 Å². The number of ether oxygens (including phenoxy) is 1. The SMILES string of the molecule is COC(c1ccc(Cl)cc1)C(C)NC(=O)C(C)(N)c1ccccc1. The minimum absolute atomic E-state index is 0.253. The third-order valence-corrected chi connectivity index (χ3v) is 4.36. The molecule has 4 nitrogen and oxygen atoms in total. The molecular formula is C19H23ClN2O2. The molecule has 0 fully saturated rings. The van der Waals surface area contributed by atoms with Gasteiger partial charge in [-0.15, -0.1) is 0 Å². The summed E-state index contributed by atoms with van der Waals surface area (Å²) in [6, 6.07) is 16.4. The molecule has 0 aliphatic carbocycles. The van der Waals surface area contributed by atoms with Gasteiger partial charge in [-0.05, 0) is 37.1 Å². The van der Waals surface area contributed by atoms with Crippen molar-refractivity contribution in [2.24, 2.45) is 5.73 Å². The lowest BCUT2D eigenvalue weighted by Gasteiger charge is -2.29. The molecule has 0 saturated heterocycles. The fourth-order valence-corrected chi connectivity index (χ4v) is 2.76. The molecular weight excluding hydrogens is 324 g/mol. The standard InChI is InChI=1S/C19H23ClN2O2/c1-13(17(24-3)14-9-11-16(20)12-10-14)22-18(23)19(2,21)15-7-5-4-6-8-15/h4-13,17H,21H2,1-3H3,(H,22,23). The van der Waals surface area contributed by atoms with Gasteiger partial charge in [0.2, 0.25) is 5.91 Å². The average Bonchev–Trinajstić information content (AvgIpc) is 2.58. The first-order valence-electron chi connectivity index (χ1n) is 7.80. The zero-order chi connectivity index (χ0) is 17.7. The normalized spacial score (nSPS) is 16.0. The van der Waals surface area contributed by atoms with Crippen molar-refractivity contribution in [1.29, 1.82) is 0 Å². The van der Waals surface area contributed by atoms with Gasteiger partial charge in [0, 0.05) is 12.1 Å². The first-order chi connectivity index (χ1) is 11.4. The van der Waals surface area contributed by atoms with Gasteiger partial charge in [-0.25, -0.2) is 0 Å². The summed E-state index contributed by atoms with van der Waals surface area (Å²) in [7, 11) is 1.61. The fourth-order valence-electron chi connectivity index (χ4n) is 2.63. The number of methoxy groups -OCH3 is 1. The van der Waals surface area contributed by atoms with Crippen LogP contribution < -0.4 is 11.1 Å². The molecule has 3 atom stereocenters. The maximum absolute atomic E-state index is 12.7. The van der Waals surface area contributed by atoms with Gasteiger partial charge in [-0.3, -0.25) is 4.79 Å². The lowest BCUT2D eigenvalue weighted by molar-refractivity contribution is -0.127. The second-order valence-corrected chi connectivity index (χ2v) is 6.47. The number of carbonyl (C=O) groups excluding carboxylic acids is 1. The Morgan fingerprint density at radius 2 is 1.75 bits per heavy atom. The predicted octanol–water partition coefficient (Wildman–Crippen LogP) is 3.41. The summed E-state index contributed by atoms with van der Waals surface area (Å²) in [5, 5.41) is 3.62. The van der Waals surface area contributed by atoms with E-state index in [9.17, 15) is 4.79 Å². The van der Waals surface area contributed by atoms with Crippen LogP contribution in [0.5, 0.6) is 0 Å². The van der Waals surface area contributed by atoms with Crippen molar-refractivity contribution in [3.05, 3.63) is 70.7 Å². The molecule has 0 aromatic heterocycles. The first-order valence-corrected chi connectivity index (χ1v) is 8.17. The van der Waals surface area contributed by atoms with Crippen molar-refractivity contribution in [2.45, 2.75) is 31.5 Å². The Hall–Kier alpha value is -1.88. The Morgan fingerprint density at radius 3 is 2.29 bits per heavy atom. The Morgan fingerprint density at radius 1 is 1.17 bits per heavy atom. The van der Waals surface area contributed by atoms with Crippen molar-refractivity contribution in [1.82, 2.24) is 5.32 Å². The van der Waals surface area contributed by atoms with Gasteiger partial charge in [-0.2, -0.15) is 0 Å². The number of halogens is 1. The lowest BCUT2D eigenvalue weighted by Crippen LogP contribution is -2.52. The summed E-state index contributed by atoms with van der Waals surface area (Å²) < 4.78 is 5.56. The quantitative estimate of drug-likeness (QED) is 0.842. The van der Waals surface area contributed by atoms with Gasteiger partial charge in [0.25, 0.3) is 0 Å². The monoisotopic (exact) mass is 346 g/mol. The fraction of sp³-hybridized carbons (Fsp3) is 0.316. The summed E-state index contributed by atoms with van der Waals surface area (Å²) in [5.74, 6) is -0.253. The third-order valence-electron chi connectivity index (χ3n) is 4.11. The molecule has 0 aliphatic heterocycles. The van der Waals surface area contributed by atoms with E-state index >= 15 is 0 Å². The highest BCUT2D eigenvalue weighted by atomic mass is 35.5. The number of nitrogens with one attached hydrogen (secondary N) is 1. The highest BCUT2D eigenvalue weighted by molar-refractivity contribution is 6.30. The van der Waals surface area contributed by atoms with Crippen molar-refractivity contribution in [3.63, 3.8) is 0 Å². The van der Waals surface area contributed by atoms with Crippen LogP contribution in [-0.2, 0) is 15.1 Å². The molecule has 128 valence electrons. The third kappa shape index (κ3) is 4.15. The van der Waals surface area contributed by atoms with Crippen LogP contribution in [0.15, 0.2) is 54.6 Å². The number of hydrogen-bond acceptors (Lipinski definition) is 3. The topological polar surface area (TPSA) is 64.3 Å². The lowest BCUT2D eigenvalue weighted by atomic mass is 9.91. The van der Waals surface area contributed by atoms with E-state index in [-0.39, 0.29) is 18.1 Å². The molecule has 3 N–H and O–H groups in total. The molecule has 0 radical (unpaired) electrons. The van der Waals surface area contributed by atoms with Gasteiger partial charge in [0.05, 0.1) is 6.04 Å². The molecule has 0 bridgehead atoms. The summed E-state index contributed by atoms with van der Waals surface area (Å²) in [4.78, 5) is 12.7. The summed E-state index contributed by atoms with van der Waals surface area (Å²) >= 11 is 5.92. The minimum Gasteiger partial charge on any atom is -0.375 e. The molecule has 5 heteroatoms. The molecule has 0 saturated carbocycles. The number of carbonyl (C=O) groups is 1. The Kier molecular flexibility index (Phi) is 5.99. The van der Waals surface area contributed by atoms with Crippen LogP contribution in [0, 0.1) is 0 Å². The number of nitrogens with two attached hydrogens (primary N) is 1. The number of amides is 1. The van der Waals surface area contributed by atoms with Gasteiger partial charge >= 0.3 is 0 Å². The van der Waals surface area contributed by atoms with Gasteiger partial charge in [-0.1, -0.05) is 54.1 Å². The Balaban J connectivity index is 2.13. The zero-order valence-corrected chi connectivity index (χ0v) is 14.9. The molecule has 2 aromatic rings. The Labute approximate surface area is 148 Å². The van der Waals surface area contributed by atoms with Crippen LogP contribution in [0.1, 0.15) is 31.1 Å². The van der Waals surface area contributed by atoms with Gasteiger partial charge < -0.3 is 15.8 Å². The summed E-state index contributed by atoms with van der Waals surface area (Å²) in [6.07, 6.45) is -0.294. The molecule has 2 rings (SSSR count). The van der Waals surface area contributed by atoms with Crippen molar-refractivity contribution in [3.8, 4) is 0 Å². The predicted molar refractivity (Wildman–Crippen MR) is 96.8 cm³/mol. The van der Waals surface area contributed by atoms with E-state index < -0.39 is 5.54 Å². The minimum atomic E-state index is -1.12. The van der Waals surface area contributed by atoms with Crippen LogP contribution in [-0.4, -0.2) is 19.1 Å². The summed E-state index contributed by atoms with van der Waals surface area (Å²) in [6.45, 7) is 3.59. The second-order valence-electron chi connectivity index (χ2n) is 6.04. The second kappa shape index (κ2) is 7.79. The first kappa shape index (κ1) is 18.5. The van der Waals surface area contributed by atoms with Gasteiger partial charge in [0.1, 0.15) is 11.6 Å². The van der Waals surface area contributed by atoms with Crippen molar-refractivity contribution in [2.75, 3.05) is 7.11 Å². The van der Waals surface area contributed by atoms with E-state index in [1.54, 1.807) is 26.2 Å². The molecule has 0 heterocycles. The van der Waals surface area contributed by atoms with E-state index in [2.05, 4.69) is 5.32 Å². The molecule has 3 unspecified atom stereocenters. The maximum atomic E-state index is 12.7. The highest BCUT2D eigenvalue weighted by Gasteiger charge is 2.32. The highest BCUT2D eigenvalue weighted by Crippen LogP contribution is 2.24. The Bertz CT molecular complexity index is 672. The van der Waals surface area contributed by atoms with E-state index in [0.717, 1.165) is 11.1 Å². The maximum Gasteiger partial charge on any atom is 0.244 e. The van der Waals surface area contributed by atoms with Crippen LogP contribution >= 0.6 is 11.6 Å². The van der Waals surface area contributed by atoms with E-state index in [4.69, 9.17) is 22.1 Å². The van der Waals surface area contributed by atoms with E-state index in [1.165, 1.54) is 0 Å². The molecule has 0 spiro atoms. The number of hydrogen-bond donors (Lipinski definition) is 2. The number of benzene rings is 2. The van der Waals surface area contributed by atoms with E-state index in [0.29, 0.717) is 5.02 Å².